The molecule has 1 aliphatic heterocycles. The van der Waals surface area contributed by atoms with Gasteiger partial charge in [0.05, 0.1) is 0 Å². The normalized spacial score (nSPS) is 15.1. The standard InChI is InChI=1S/C11H10FNO2S2/c12-8-1-3-9(4-2-8)15-7-10(14)13-5-6-17-11(13)16/h1-4H,5-7H2. The zero-order valence-electron chi connectivity index (χ0n) is 8.89. The summed E-state index contributed by atoms with van der Waals surface area (Å²) in [6, 6.07) is 5.55. The second-order valence-electron chi connectivity index (χ2n) is 3.40. The first-order chi connectivity index (χ1) is 8.16. The molecule has 1 amide bonds. The number of thiocarbonyl (C=S) groups is 1. The molecule has 0 atom stereocenters. The topological polar surface area (TPSA) is 29.5 Å². The second-order valence-corrected chi connectivity index (χ2v) is 5.13. The Morgan fingerprint density at radius 2 is 2.18 bits per heavy atom. The Labute approximate surface area is 108 Å². The zero-order valence-corrected chi connectivity index (χ0v) is 10.5. The third-order valence-corrected chi connectivity index (χ3v) is 3.67. The minimum atomic E-state index is -0.333. The van der Waals surface area contributed by atoms with Crippen molar-refractivity contribution in [2.45, 2.75) is 0 Å². The number of thioether (sulfide) groups is 1. The van der Waals surface area contributed by atoms with E-state index < -0.39 is 0 Å². The van der Waals surface area contributed by atoms with Gasteiger partial charge in [-0.05, 0) is 24.3 Å². The van der Waals surface area contributed by atoms with Crippen molar-refractivity contribution >= 4 is 34.2 Å². The van der Waals surface area contributed by atoms with Crippen LogP contribution in [0.1, 0.15) is 0 Å². The van der Waals surface area contributed by atoms with Crippen molar-refractivity contribution in [2.24, 2.45) is 0 Å². The Morgan fingerprint density at radius 1 is 1.47 bits per heavy atom. The molecule has 0 aromatic heterocycles. The minimum Gasteiger partial charge on any atom is -0.484 e. The van der Waals surface area contributed by atoms with E-state index in [4.69, 9.17) is 17.0 Å². The van der Waals surface area contributed by atoms with Crippen LogP contribution in [0.2, 0.25) is 0 Å². The molecular formula is C11H10FNO2S2. The number of benzene rings is 1. The predicted octanol–water partition coefficient (Wildman–Crippen LogP) is 2.06. The average Bonchev–Trinajstić information content (AvgIpc) is 2.74. The highest BCUT2D eigenvalue weighted by atomic mass is 32.2. The fraction of sp³-hybridized carbons (Fsp3) is 0.273. The molecule has 17 heavy (non-hydrogen) atoms. The van der Waals surface area contributed by atoms with Gasteiger partial charge in [-0.15, -0.1) is 0 Å². The molecule has 0 unspecified atom stereocenters. The maximum absolute atomic E-state index is 12.6. The molecule has 2 rings (SSSR count). The summed E-state index contributed by atoms with van der Waals surface area (Å²) in [6.45, 7) is 0.557. The molecule has 1 aromatic carbocycles. The van der Waals surface area contributed by atoms with Crippen molar-refractivity contribution in [1.82, 2.24) is 4.90 Å². The highest BCUT2D eigenvalue weighted by Crippen LogP contribution is 2.18. The van der Waals surface area contributed by atoms with Gasteiger partial charge in [-0.1, -0.05) is 24.0 Å². The summed E-state index contributed by atoms with van der Waals surface area (Å²) in [7, 11) is 0. The molecule has 0 bridgehead atoms. The number of halogens is 1. The van der Waals surface area contributed by atoms with E-state index in [1.165, 1.54) is 40.9 Å². The van der Waals surface area contributed by atoms with E-state index >= 15 is 0 Å². The summed E-state index contributed by atoms with van der Waals surface area (Å²) in [5.74, 6) is 0.809. The Balaban J connectivity index is 1.87. The summed E-state index contributed by atoms with van der Waals surface area (Å²) in [4.78, 5) is 13.3. The number of hydrogen-bond acceptors (Lipinski definition) is 4. The lowest BCUT2D eigenvalue weighted by Gasteiger charge is -2.14. The van der Waals surface area contributed by atoms with Crippen LogP contribution in [0.4, 0.5) is 4.39 Å². The molecule has 6 heteroatoms. The van der Waals surface area contributed by atoms with Crippen LogP contribution in [0.15, 0.2) is 24.3 Å². The monoisotopic (exact) mass is 271 g/mol. The van der Waals surface area contributed by atoms with Crippen LogP contribution in [-0.4, -0.2) is 34.0 Å². The van der Waals surface area contributed by atoms with E-state index in [2.05, 4.69) is 0 Å². The van der Waals surface area contributed by atoms with Gasteiger partial charge in [-0.3, -0.25) is 9.69 Å². The maximum atomic E-state index is 12.6. The van der Waals surface area contributed by atoms with Gasteiger partial charge in [0.25, 0.3) is 5.91 Å². The maximum Gasteiger partial charge on any atom is 0.265 e. The Morgan fingerprint density at radius 3 is 2.76 bits per heavy atom. The quantitative estimate of drug-likeness (QED) is 0.787. The first kappa shape index (κ1) is 12.3. The largest absolute Gasteiger partial charge is 0.484 e. The van der Waals surface area contributed by atoms with Crippen molar-refractivity contribution < 1.29 is 13.9 Å². The van der Waals surface area contributed by atoms with Crippen LogP contribution in [0.5, 0.6) is 5.75 Å². The van der Waals surface area contributed by atoms with Gasteiger partial charge in [0.15, 0.2) is 6.61 Å². The molecule has 1 aliphatic rings. The molecule has 1 aromatic rings. The second kappa shape index (κ2) is 5.46. The lowest BCUT2D eigenvalue weighted by atomic mass is 10.3. The third kappa shape index (κ3) is 3.17. The lowest BCUT2D eigenvalue weighted by Crippen LogP contribution is -2.34. The van der Waals surface area contributed by atoms with Gasteiger partial charge in [-0.25, -0.2) is 4.39 Å². The van der Waals surface area contributed by atoms with Crippen molar-refractivity contribution in [2.75, 3.05) is 18.9 Å². The van der Waals surface area contributed by atoms with Gasteiger partial charge < -0.3 is 4.74 Å². The minimum absolute atomic E-state index is 0.0771. The van der Waals surface area contributed by atoms with Crippen LogP contribution >= 0.6 is 24.0 Å². The van der Waals surface area contributed by atoms with Gasteiger partial charge in [0.2, 0.25) is 0 Å². The Hall–Kier alpha value is -1.14. The number of hydrogen-bond donors (Lipinski definition) is 0. The number of ether oxygens (including phenoxy) is 1. The molecule has 1 saturated heterocycles. The summed E-state index contributed by atoms with van der Waals surface area (Å²) >= 11 is 6.52. The van der Waals surface area contributed by atoms with Crippen LogP contribution in [0.25, 0.3) is 0 Å². The Kier molecular flexibility index (Phi) is 3.96. The number of amides is 1. The number of carbonyl (C=O) groups excluding carboxylic acids is 1. The van der Waals surface area contributed by atoms with Crippen LogP contribution in [-0.2, 0) is 4.79 Å². The van der Waals surface area contributed by atoms with E-state index in [0.717, 1.165) is 5.75 Å². The van der Waals surface area contributed by atoms with E-state index in [-0.39, 0.29) is 18.3 Å². The van der Waals surface area contributed by atoms with Gasteiger partial charge in [-0.2, -0.15) is 0 Å². The first-order valence-electron chi connectivity index (χ1n) is 5.02. The predicted molar refractivity (Wildman–Crippen MR) is 68.7 cm³/mol. The molecule has 0 saturated carbocycles. The number of carbonyl (C=O) groups is 1. The fourth-order valence-corrected chi connectivity index (χ4v) is 2.61. The fourth-order valence-electron chi connectivity index (χ4n) is 1.37. The van der Waals surface area contributed by atoms with Crippen molar-refractivity contribution in [3.63, 3.8) is 0 Å². The molecule has 1 heterocycles. The van der Waals surface area contributed by atoms with Crippen LogP contribution in [0, 0.1) is 5.82 Å². The summed E-state index contributed by atoms with van der Waals surface area (Å²) < 4.78 is 18.5. The third-order valence-electron chi connectivity index (χ3n) is 2.24. The molecule has 1 fully saturated rings. The molecule has 0 N–H and O–H groups in total. The highest BCUT2D eigenvalue weighted by molar-refractivity contribution is 8.23. The lowest BCUT2D eigenvalue weighted by molar-refractivity contribution is -0.128. The van der Waals surface area contributed by atoms with Gasteiger partial charge >= 0.3 is 0 Å². The van der Waals surface area contributed by atoms with Crippen LogP contribution < -0.4 is 4.74 Å². The summed E-state index contributed by atoms with van der Waals surface area (Å²) in [5.41, 5.74) is 0. The van der Waals surface area contributed by atoms with Crippen LogP contribution in [0.3, 0.4) is 0 Å². The van der Waals surface area contributed by atoms with E-state index in [1.807, 2.05) is 0 Å². The van der Waals surface area contributed by atoms with Crippen molar-refractivity contribution in [1.29, 1.82) is 0 Å². The highest BCUT2D eigenvalue weighted by Gasteiger charge is 2.24. The summed E-state index contributed by atoms with van der Waals surface area (Å²) in [5, 5.41) is 0. The number of nitrogens with zero attached hydrogens (tertiary/aromatic N) is 1. The van der Waals surface area contributed by atoms with E-state index in [0.29, 0.717) is 16.6 Å². The first-order valence-corrected chi connectivity index (χ1v) is 6.42. The molecule has 3 nitrogen and oxygen atoms in total. The van der Waals surface area contributed by atoms with E-state index in [1.54, 1.807) is 0 Å². The smallest absolute Gasteiger partial charge is 0.265 e. The molecular weight excluding hydrogens is 261 g/mol. The van der Waals surface area contributed by atoms with Crippen molar-refractivity contribution in [3.05, 3.63) is 30.1 Å². The average molecular weight is 271 g/mol. The van der Waals surface area contributed by atoms with Gasteiger partial charge in [0.1, 0.15) is 15.9 Å². The molecule has 0 radical (unpaired) electrons. The molecule has 0 spiro atoms. The zero-order chi connectivity index (χ0) is 12.3. The number of rotatable bonds is 3. The van der Waals surface area contributed by atoms with Crippen molar-refractivity contribution in [3.8, 4) is 5.75 Å². The molecule has 0 aliphatic carbocycles. The molecule has 90 valence electrons. The van der Waals surface area contributed by atoms with E-state index in [9.17, 15) is 9.18 Å². The van der Waals surface area contributed by atoms with Gasteiger partial charge in [0, 0.05) is 12.3 Å². The summed E-state index contributed by atoms with van der Waals surface area (Å²) in [6.07, 6.45) is 0. The SMILES string of the molecule is O=C(COc1ccc(F)cc1)N1CCSC1=S. The Bertz CT molecular complexity index is 436.